The van der Waals surface area contributed by atoms with Gasteiger partial charge in [0.2, 0.25) is 0 Å². The quantitative estimate of drug-likeness (QED) is 0.683. The normalized spacial score (nSPS) is 23.8. The summed E-state index contributed by atoms with van der Waals surface area (Å²) >= 11 is 0. The van der Waals surface area contributed by atoms with Crippen LogP contribution < -0.4 is 10.1 Å². The molecule has 1 saturated heterocycles. The van der Waals surface area contributed by atoms with E-state index in [1.165, 1.54) is 12.1 Å². The van der Waals surface area contributed by atoms with Crippen LogP contribution in [0.2, 0.25) is 0 Å². The third-order valence-corrected chi connectivity index (χ3v) is 5.93. The molecule has 3 nitrogen and oxygen atoms in total. The van der Waals surface area contributed by atoms with Crippen molar-refractivity contribution in [3.63, 3.8) is 0 Å². The fourth-order valence-corrected chi connectivity index (χ4v) is 4.40. The van der Waals surface area contributed by atoms with E-state index in [2.05, 4.69) is 15.0 Å². The number of likely N-dealkylation sites (tertiary alicyclic amines) is 1. The Balaban J connectivity index is 1.19. The second kappa shape index (κ2) is 7.95. The number of ether oxygens (including phenoxy) is 1. The van der Waals surface area contributed by atoms with Crippen molar-refractivity contribution < 1.29 is 22.3 Å². The number of fused-ring (bicyclic) bond motifs is 1. The summed E-state index contributed by atoms with van der Waals surface area (Å²) in [7, 11) is 0. The Morgan fingerprint density at radius 2 is 1.83 bits per heavy atom. The van der Waals surface area contributed by atoms with E-state index in [0.29, 0.717) is 29.9 Å². The zero-order valence-corrected chi connectivity index (χ0v) is 16.2. The monoisotopic (exact) mass is 408 g/mol. The lowest BCUT2D eigenvalue weighted by atomic mass is 10.1. The first kappa shape index (κ1) is 20.2. The van der Waals surface area contributed by atoms with Crippen molar-refractivity contribution >= 4 is 0 Å². The minimum Gasteiger partial charge on any atom is -0.406 e. The molecule has 2 atom stereocenters. The summed E-state index contributed by atoms with van der Waals surface area (Å²) in [6.45, 7) is 5.94. The molecule has 4 rings (SSSR count). The first-order valence-corrected chi connectivity index (χ1v) is 9.81. The Hall–Kier alpha value is -2.12. The van der Waals surface area contributed by atoms with Crippen LogP contribution in [0, 0.1) is 30.5 Å². The molecule has 1 heterocycles. The molecule has 0 bridgehead atoms. The molecule has 0 radical (unpaired) electrons. The first-order valence-electron chi connectivity index (χ1n) is 9.81. The van der Waals surface area contributed by atoms with E-state index in [1.807, 2.05) is 12.1 Å². The zero-order valence-electron chi connectivity index (χ0n) is 16.2. The minimum atomic E-state index is -4.67. The third kappa shape index (κ3) is 5.08. The molecule has 2 fully saturated rings. The minimum absolute atomic E-state index is 0.154. The molecule has 29 heavy (non-hydrogen) atoms. The molecule has 156 valence electrons. The van der Waals surface area contributed by atoms with Crippen molar-refractivity contribution in [2.45, 2.75) is 26.4 Å². The molecule has 0 spiro atoms. The standard InChI is InChI=1S/C22H24F4N2O/c1-14-5-6-16(8-21(14)23)11-28-12-19-18(20(19)13-28)10-27-9-15-3-2-4-17(7-15)29-22(24,25)26/h2-8,18-20,27H,9-13H2,1H3. The number of rotatable bonds is 7. The second-order valence-electron chi connectivity index (χ2n) is 8.10. The van der Waals surface area contributed by atoms with Gasteiger partial charge in [0.1, 0.15) is 11.6 Å². The van der Waals surface area contributed by atoms with Crippen LogP contribution in [0.1, 0.15) is 16.7 Å². The van der Waals surface area contributed by atoms with Crippen LogP contribution >= 0.6 is 0 Å². The average Bonchev–Trinajstić information content (AvgIpc) is 3.08. The van der Waals surface area contributed by atoms with Gasteiger partial charge in [-0.3, -0.25) is 4.90 Å². The van der Waals surface area contributed by atoms with Crippen LogP contribution in [0.3, 0.4) is 0 Å². The first-order chi connectivity index (χ1) is 13.8. The van der Waals surface area contributed by atoms with Crippen LogP contribution in [0.4, 0.5) is 17.6 Å². The number of halogens is 4. The molecule has 1 aliphatic heterocycles. The Morgan fingerprint density at radius 1 is 1.07 bits per heavy atom. The van der Waals surface area contributed by atoms with Gasteiger partial charge in [0, 0.05) is 26.2 Å². The molecule has 0 aromatic heterocycles. The summed E-state index contributed by atoms with van der Waals surface area (Å²) in [5, 5.41) is 3.36. The number of nitrogens with zero attached hydrogens (tertiary/aromatic N) is 1. The zero-order chi connectivity index (χ0) is 20.6. The Bertz CT molecular complexity index is 858. The van der Waals surface area contributed by atoms with Gasteiger partial charge in [0.15, 0.2) is 0 Å². The van der Waals surface area contributed by atoms with Gasteiger partial charge in [-0.1, -0.05) is 24.3 Å². The topological polar surface area (TPSA) is 24.5 Å². The number of hydrogen-bond acceptors (Lipinski definition) is 3. The van der Waals surface area contributed by atoms with E-state index in [-0.39, 0.29) is 11.6 Å². The lowest BCUT2D eigenvalue weighted by molar-refractivity contribution is -0.274. The lowest BCUT2D eigenvalue weighted by Gasteiger charge is -2.20. The van der Waals surface area contributed by atoms with Crippen molar-refractivity contribution in [2.24, 2.45) is 17.8 Å². The molecular weight excluding hydrogens is 384 g/mol. The van der Waals surface area contributed by atoms with E-state index < -0.39 is 6.36 Å². The molecule has 2 aromatic rings. The lowest BCUT2D eigenvalue weighted by Crippen LogP contribution is -2.27. The molecule has 0 amide bonds. The largest absolute Gasteiger partial charge is 0.573 e. The summed E-state index contributed by atoms with van der Waals surface area (Å²) < 4.78 is 54.6. The van der Waals surface area contributed by atoms with Gasteiger partial charge in [-0.25, -0.2) is 4.39 Å². The van der Waals surface area contributed by atoms with E-state index in [4.69, 9.17) is 0 Å². The van der Waals surface area contributed by atoms with E-state index >= 15 is 0 Å². The maximum atomic E-state index is 13.7. The number of hydrogen-bond donors (Lipinski definition) is 1. The van der Waals surface area contributed by atoms with Gasteiger partial charge in [0.05, 0.1) is 0 Å². The highest BCUT2D eigenvalue weighted by atomic mass is 19.4. The predicted molar refractivity (Wildman–Crippen MR) is 102 cm³/mol. The van der Waals surface area contributed by atoms with Gasteiger partial charge in [-0.15, -0.1) is 13.2 Å². The van der Waals surface area contributed by atoms with Gasteiger partial charge in [-0.05, 0) is 66.1 Å². The Morgan fingerprint density at radius 3 is 2.52 bits per heavy atom. The Kier molecular flexibility index (Phi) is 5.53. The number of aryl methyl sites for hydroxylation is 1. The van der Waals surface area contributed by atoms with Crippen LogP contribution in [-0.4, -0.2) is 30.9 Å². The van der Waals surface area contributed by atoms with Crippen molar-refractivity contribution in [3.05, 3.63) is 65.0 Å². The fraction of sp³-hybridized carbons (Fsp3) is 0.455. The van der Waals surface area contributed by atoms with Crippen molar-refractivity contribution in [2.75, 3.05) is 19.6 Å². The predicted octanol–water partition coefficient (Wildman–Crippen LogP) is 4.50. The smallest absolute Gasteiger partial charge is 0.406 e. The molecule has 2 unspecified atom stereocenters. The van der Waals surface area contributed by atoms with Crippen LogP contribution in [0.15, 0.2) is 42.5 Å². The highest BCUT2D eigenvalue weighted by Crippen LogP contribution is 2.51. The van der Waals surface area contributed by atoms with Crippen LogP contribution in [-0.2, 0) is 13.1 Å². The summed E-state index contributed by atoms with van der Waals surface area (Å²) in [4.78, 5) is 2.37. The van der Waals surface area contributed by atoms with Gasteiger partial charge in [0.25, 0.3) is 0 Å². The van der Waals surface area contributed by atoms with Gasteiger partial charge >= 0.3 is 6.36 Å². The number of benzene rings is 2. The third-order valence-electron chi connectivity index (χ3n) is 5.93. The van der Waals surface area contributed by atoms with Gasteiger partial charge < -0.3 is 10.1 Å². The summed E-state index contributed by atoms with van der Waals surface area (Å²) in [6.07, 6.45) is -4.67. The molecule has 7 heteroatoms. The Labute approximate surface area is 167 Å². The average molecular weight is 408 g/mol. The van der Waals surface area contributed by atoms with E-state index in [1.54, 1.807) is 25.1 Å². The molecule has 2 aromatic carbocycles. The number of alkyl halides is 3. The molecule has 1 aliphatic carbocycles. The molecular formula is C22H24F4N2O. The van der Waals surface area contributed by atoms with Crippen LogP contribution in [0.25, 0.3) is 0 Å². The molecule has 1 N–H and O–H groups in total. The SMILES string of the molecule is Cc1ccc(CN2CC3C(CNCc4cccc(OC(F)(F)F)c4)C3C2)cc1F. The fourth-order valence-electron chi connectivity index (χ4n) is 4.40. The number of piperidine rings is 1. The van der Waals surface area contributed by atoms with Crippen molar-refractivity contribution in [1.82, 2.24) is 10.2 Å². The maximum absolute atomic E-state index is 13.7. The molecule has 1 saturated carbocycles. The van der Waals surface area contributed by atoms with Crippen molar-refractivity contribution in [3.8, 4) is 5.75 Å². The molecule has 2 aliphatic rings. The summed E-state index contributed by atoms with van der Waals surface area (Å²) in [5.74, 6) is 1.56. The van der Waals surface area contributed by atoms with E-state index in [0.717, 1.165) is 37.3 Å². The highest BCUT2D eigenvalue weighted by Gasteiger charge is 2.54. The van der Waals surface area contributed by atoms with E-state index in [9.17, 15) is 17.6 Å². The number of nitrogens with one attached hydrogen (secondary N) is 1. The van der Waals surface area contributed by atoms with Crippen LogP contribution in [0.5, 0.6) is 5.75 Å². The summed E-state index contributed by atoms with van der Waals surface area (Å²) in [6, 6.07) is 11.5. The second-order valence-corrected chi connectivity index (χ2v) is 8.10. The summed E-state index contributed by atoms with van der Waals surface area (Å²) in [5.41, 5.74) is 2.44. The maximum Gasteiger partial charge on any atom is 0.573 e. The highest BCUT2D eigenvalue weighted by molar-refractivity contribution is 5.28. The van der Waals surface area contributed by atoms with Crippen molar-refractivity contribution in [1.29, 1.82) is 0 Å². The van der Waals surface area contributed by atoms with Gasteiger partial charge in [-0.2, -0.15) is 0 Å².